The number of aromatic amines is 1. The van der Waals surface area contributed by atoms with Crippen LogP contribution in [-0.2, 0) is 6.54 Å². The van der Waals surface area contributed by atoms with Gasteiger partial charge in [0.25, 0.3) is 0 Å². The molecule has 0 bridgehead atoms. The zero-order chi connectivity index (χ0) is 12.5. The number of benzene rings is 2. The molecular formula is C15H13BrN2. The summed E-state index contributed by atoms with van der Waals surface area (Å²) in [4.78, 5) is 3.44. The van der Waals surface area contributed by atoms with Gasteiger partial charge in [-0.25, -0.2) is 0 Å². The summed E-state index contributed by atoms with van der Waals surface area (Å²) in [5.74, 6) is 0. The van der Waals surface area contributed by atoms with Crippen LogP contribution in [0.4, 0.5) is 0 Å². The molecule has 0 aliphatic heterocycles. The fourth-order valence-electron chi connectivity index (χ4n) is 2.25. The maximum absolute atomic E-state index is 5.82. The van der Waals surface area contributed by atoms with E-state index in [1.54, 1.807) is 0 Å². The van der Waals surface area contributed by atoms with E-state index in [1.165, 1.54) is 5.39 Å². The highest BCUT2D eigenvalue weighted by atomic mass is 79.9. The first-order valence-corrected chi connectivity index (χ1v) is 6.64. The van der Waals surface area contributed by atoms with E-state index < -0.39 is 0 Å². The van der Waals surface area contributed by atoms with Crippen molar-refractivity contribution < 1.29 is 0 Å². The highest BCUT2D eigenvalue weighted by Crippen LogP contribution is 2.32. The number of hydrogen-bond acceptors (Lipinski definition) is 1. The Kier molecular flexibility index (Phi) is 2.94. The fourth-order valence-corrected chi connectivity index (χ4v) is 2.87. The summed E-state index contributed by atoms with van der Waals surface area (Å²) in [5, 5.41) is 1.21. The van der Waals surface area contributed by atoms with Crippen LogP contribution in [0.25, 0.3) is 22.2 Å². The molecule has 0 saturated heterocycles. The van der Waals surface area contributed by atoms with Gasteiger partial charge in [-0.3, -0.25) is 0 Å². The van der Waals surface area contributed by atoms with Crippen molar-refractivity contribution >= 4 is 26.8 Å². The lowest BCUT2D eigenvalue weighted by Gasteiger charge is -2.08. The van der Waals surface area contributed by atoms with Crippen LogP contribution in [0, 0.1) is 0 Å². The Morgan fingerprint density at radius 2 is 1.89 bits per heavy atom. The largest absolute Gasteiger partial charge is 0.354 e. The van der Waals surface area contributed by atoms with Gasteiger partial charge in [0.1, 0.15) is 0 Å². The molecule has 1 aromatic heterocycles. The van der Waals surface area contributed by atoms with Crippen LogP contribution in [0.3, 0.4) is 0 Å². The van der Waals surface area contributed by atoms with E-state index in [9.17, 15) is 0 Å². The Morgan fingerprint density at radius 3 is 2.67 bits per heavy atom. The number of nitrogens with two attached hydrogens (primary N) is 1. The number of rotatable bonds is 2. The molecule has 90 valence electrons. The summed E-state index contributed by atoms with van der Waals surface area (Å²) in [7, 11) is 0. The van der Waals surface area contributed by atoms with Gasteiger partial charge in [-0.05, 0) is 23.8 Å². The van der Waals surface area contributed by atoms with Gasteiger partial charge in [-0.1, -0.05) is 46.3 Å². The molecule has 0 unspecified atom stereocenters. The predicted octanol–water partition coefficient (Wildman–Crippen LogP) is 4.06. The molecule has 2 nitrogen and oxygen atoms in total. The number of hydrogen-bond donors (Lipinski definition) is 2. The van der Waals surface area contributed by atoms with Gasteiger partial charge in [-0.2, -0.15) is 0 Å². The first kappa shape index (κ1) is 11.5. The van der Waals surface area contributed by atoms with Crippen molar-refractivity contribution in [2.75, 3.05) is 0 Å². The van der Waals surface area contributed by atoms with Crippen LogP contribution in [-0.4, -0.2) is 4.98 Å². The van der Waals surface area contributed by atoms with Crippen molar-refractivity contribution in [3.8, 4) is 11.3 Å². The fraction of sp³-hybridized carbons (Fsp3) is 0.0667. The van der Waals surface area contributed by atoms with Crippen molar-refractivity contribution in [3.05, 3.63) is 58.6 Å². The Bertz CT molecular complexity index is 668. The van der Waals surface area contributed by atoms with Crippen molar-refractivity contribution in [2.24, 2.45) is 5.73 Å². The molecule has 3 N–H and O–H groups in total. The van der Waals surface area contributed by atoms with E-state index in [-0.39, 0.29) is 0 Å². The second-order valence-electron chi connectivity index (χ2n) is 4.25. The number of para-hydroxylation sites is 1. The quantitative estimate of drug-likeness (QED) is 0.736. The van der Waals surface area contributed by atoms with Crippen LogP contribution >= 0.6 is 15.9 Å². The lowest BCUT2D eigenvalue weighted by atomic mass is 10.0. The molecule has 0 radical (unpaired) electrons. The normalized spacial score (nSPS) is 11.0. The minimum Gasteiger partial charge on any atom is -0.354 e. The first-order chi connectivity index (χ1) is 8.79. The standard InChI is InChI=1S/C15H13BrN2/c16-12-6-3-5-11(9-17)15(12)14-8-10-4-1-2-7-13(10)18-14/h1-8,18H,9,17H2. The minimum atomic E-state index is 0.532. The van der Waals surface area contributed by atoms with Crippen LogP contribution < -0.4 is 5.73 Å². The third kappa shape index (κ3) is 1.85. The SMILES string of the molecule is NCc1cccc(Br)c1-c1cc2ccccc2[nH]1. The third-order valence-electron chi connectivity index (χ3n) is 3.12. The highest BCUT2D eigenvalue weighted by Gasteiger charge is 2.10. The number of nitrogens with one attached hydrogen (secondary N) is 1. The van der Waals surface area contributed by atoms with Gasteiger partial charge in [0, 0.05) is 33.2 Å². The number of aromatic nitrogens is 1. The second-order valence-corrected chi connectivity index (χ2v) is 5.10. The van der Waals surface area contributed by atoms with Crippen molar-refractivity contribution in [2.45, 2.75) is 6.54 Å². The summed E-state index contributed by atoms with van der Waals surface area (Å²) in [5.41, 5.74) is 10.3. The van der Waals surface area contributed by atoms with Crippen LogP contribution in [0.2, 0.25) is 0 Å². The molecule has 2 aromatic carbocycles. The van der Waals surface area contributed by atoms with E-state index in [0.717, 1.165) is 26.8 Å². The Balaban J connectivity index is 2.25. The van der Waals surface area contributed by atoms with Gasteiger partial charge in [0.05, 0.1) is 0 Å². The van der Waals surface area contributed by atoms with E-state index in [2.05, 4.69) is 45.2 Å². The summed E-state index contributed by atoms with van der Waals surface area (Å²) < 4.78 is 1.07. The van der Waals surface area contributed by atoms with Crippen LogP contribution in [0.1, 0.15) is 5.56 Å². The average molecular weight is 301 g/mol. The molecule has 0 fully saturated rings. The summed E-state index contributed by atoms with van der Waals surface area (Å²) in [6.07, 6.45) is 0. The molecule has 18 heavy (non-hydrogen) atoms. The van der Waals surface area contributed by atoms with Crippen molar-refractivity contribution in [1.29, 1.82) is 0 Å². The van der Waals surface area contributed by atoms with Crippen molar-refractivity contribution in [1.82, 2.24) is 4.98 Å². The lowest BCUT2D eigenvalue weighted by Crippen LogP contribution is -1.99. The molecule has 3 rings (SSSR count). The molecule has 0 aliphatic rings. The Hall–Kier alpha value is -1.58. The maximum Gasteiger partial charge on any atom is 0.0479 e. The predicted molar refractivity (Wildman–Crippen MR) is 79.3 cm³/mol. The molecule has 3 aromatic rings. The monoisotopic (exact) mass is 300 g/mol. The molecule has 0 saturated carbocycles. The first-order valence-electron chi connectivity index (χ1n) is 5.85. The molecule has 0 aliphatic carbocycles. The van der Waals surface area contributed by atoms with Gasteiger partial charge in [-0.15, -0.1) is 0 Å². The number of H-pyrrole nitrogens is 1. The Labute approximate surface area is 114 Å². The zero-order valence-electron chi connectivity index (χ0n) is 9.78. The average Bonchev–Trinajstić information content (AvgIpc) is 2.81. The van der Waals surface area contributed by atoms with Crippen LogP contribution in [0.15, 0.2) is 53.0 Å². The molecule has 0 atom stereocenters. The molecule has 0 spiro atoms. The topological polar surface area (TPSA) is 41.8 Å². The van der Waals surface area contributed by atoms with Crippen LogP contribution in [0.5, 0.6) is 0 Å². The maximum atomic E-state index is 5.82. The summed E-state index contributed by atoms with van der Waals surface area (Å²) in [6, 6.07) is 16.5. The van der Waals surface area contributed by atoms with Gasteiger partial charge in [0.2, 0.25) is 0 Å². The minimum absolute atomic E-state index is 0.532. The smallest absolute Gasteiger partial charge is 0.0479 e. The van der Waals surface area contributed by atoms with E-state index in [1.807, 2.05) is 24.3 Å². The number of fused-ring (bicyclic) bond motifs is 1. The molecule has 0 amide bonds. The lowest BCUT2D eigenvalue weighted by molar-refractivity contribution is 1.07. The second kappa shape index (κ2) is 4.59. The third-order valence-corrected chi connectivity index (χ3v) is 3.78. The zero-order valence-corrected chi connectivity index (χ0v) is 11.4. The molecular weight excluding hydrogens is 288 g/mol. The molecule has 1 heterocycles. The molecule has 3 heteroatoms. The highest BCUT2D eigenvalue weighted by molar-refractivity contribution is 9.10. The van der Waals surface area contributed by atoms with E-state index in [0.29, 0.717) is 6.54 Å². The summed E-state index contributed by atoms with van der Waals surface area (Å²) in [6.45, 7) is 0.532. The van der Waals surface area contributed by atoms with E-state index >= 15 is 0 Å². The van der Waals surface area contributed by atoms with Gasteiger partial charge < -0.3 is 10.7 Å². The Morgan fingerprint density at radius 1 is 1.06 bits per heavy atom. The number of halogens is 1. The van der Waals surface area contributed by atoms with E-state index in [4.69, 9.17) is 5.73 Å². The van der Waals surface area contributed by atoms with Crippen molar-refractivity contribution in [3.63, 3.8) is 0 Å². The van der Waals surface area contributed by atoms with Gasteiger partial charge in [0.15, 0.2) is 0 Å². The van der Waals surface area contributed by atoms with Gasteiger partial charge >= 0.3 is 0 Å². The summed E-state index contributed by atoms with van der Waals surface area (Å²) >= 11 is 3.61.